The largest absolute Gasteiger partial charge is 0.538 e. The number of methoxy groups -OCH3 is 1. The first kappa shape index (κ1) is 18.8. The number of anilines is 1. The third kappa shape index (κ3) is 4.22. The fourth-order valence-corrected chi connectivity index (χ4v) is 3.21. The highest BCUT2D eigenvalue weighted by Gasteiger charge is 2.22. The van der Waals surface area contributed by atoms with E-state index in [0.29, 0.717) is 11.4 Å². The lowest BCUT2D eigenvalue weighted by atomic mass is 10.1. The van der Waals surface area contributed by atoms with Gasteiger partial charge in [-0.15, -0.1) is 0 Å². The van der Waals surface area contributed by atoms with Gasteiger partial charge in [0.15, 0.2) is 5.95 Å². The molecule has 1 amide bonds. The van der Waals surface area contributed by atoms with Gasteiger partial charge in [0.05, 0.1) is 18.1 Å². The zero-order valence-electron chi connectivity index (χ0n) is 15.2. The molecule has 140 valence electrons. The summed E-state index contributed by atoms with van der Waals surface area (Å²) in [6.07, 6.45) is 0. The van der Waals surface area contributed by atoms with E-state index in [1.165, 1.54) is 4.68 Å². The van der Waals surface area contributed by atoms with Crippen molar-refractivity contribution in [1.29, 1.82) is 0 Å². The molecule has 0 saturated heterocycles. The lowest BCUT2D eigenvalue weighted by Gasteiger charge is -2.09. The fraction of sp³-hybridized carbons (Fsp3) is 0.211. The van der Waals surface area contributed by atoms with Crippen LogP contribution < -0.4 is 19.8 Å². The van der Waals surface area contributed by atoms with Crippen LogP contribution in [0.3, 0.4) is 0 Å². The van der Waals surface area contributed by atoms with Crippen LogP contribution in [0.1, 0.15) is 11.1 Å². The van der Waals surface area contributed by atoms with Crippen LogP contribution in [0.5, 0.6) is 11.7 Å². The molecule has 8 heteroatoms. The number of amides is 1. The smallest absolute Gasteiger partial charge is 0.298 e. The van der Waals surface area contributed by atoms with Gasteiger partial charge < -0.3 is 19.7 Å². The first-order valence-electron chi connectivity index (χ1n) is 8.22. The summed E-state index contributed by atoms with van der Waals surface area (Å²) in [5, 5.41) is 18.8. The summed E-state index contributed by atoms with van der Waals surface area (Å²) in [5.74, 6) is -0.0572. The Labute approximate surface area is 160 Å². The number of aryl methyl sites for hydroxylation is 1. The molecule has 7 nitrogen and oxygen atoms in total. The summed E-state index contributed by atoms with van der Waals surface area (Å²) in [7, 11) is 1.57. The highest BCUT2D eigenvalue weighted by molar-refractivity contribution is 7.99. The molecule has 0 aliphatic rings. The third-order valence-electron chi connectivity index (χ3n) is 4.11. The van der Waals surface area contributed by atoms with Crippen molar-refractivity contribution in [3.8, 4) is 17.4 Å². The lowest BCUT2D eigenvalue weighted by molar-refractivity contribution is -0.705. The van der Waals surface area contributed by atoms with Gasteiger partial charge in [-0.2, -0.15) is 0 Å². The molecule has 1 aromatic heterocycles. The maximum atomic E-state index is 12.3. The average molecular weight is 385 g/mol. The normalized spacial score (nSPS) is 10.6. The van der Waals surface area contributed by atoms with Crippen molar-refractivity contribution in [3.63, 3.8) is 0 Å². The quantitative estimate of drug-likeness (QED) is 0.517. The van der Waals surface area contributed by atoms with Gasteiger partial charge in [0, 0.05) is 17.8 Å². The van der Waals surface area contributed by atoms with E-state index in [4.69, 9.17) is 9.26 Å². The molecule has 27 heavy (non-hydrogen) atoms. The molecule has 0 fully saturated rings. The number of carbonyl (C=O) groups is 1. The third-order valence-corrected chi connectivity index (χ3v) is 5.13. The number of thioether (sulfide) groups is 1. The van der Waals surface area contributed by atoms with Gasteiger partial charge in [0.25, 0.3) is 5.03 Å². The second-order valence-corrected chi connectivity index (χ2v) is 6.82. The molecule has 0 unspecified atom stereocenters. The Morgan fingerprint density at radius 1 is 1.26 bits per heavy atom. The van der Waals surface area contributed by atoms with Crippen molar-refractivity contribution in [2.45, 2.75) is 18.9 Å². The van der Waals surface area contributed by atoms with Gasteiger partial charge in [-0.1, -0.05) is 12.1 Å². The molecule has 0 radical (unpaired) electrons. The van der Waals surface area contributed by atoms with Gasteiger partial charge in [-0.3, -0.25) is 4.79 Å². The topological polar surface area (TPSA) is 91.3 Å². The van der Waals surface area contributed by atoms with E-state index >= 15 is 0 Å². The molecule has 0 saturated carbocycles. The summed E-state index contributed by atoms with van der Waals surface area (Å²) < 4.78 is 11.3. The van der Waals surface area contributed by atoms with Crippen molar-refractivity contribution in [2.24, 2.45) is 0 Å². The minimum Gasteiger partial charge on any atom is -0.538 e. The molecule has 0 aliphatic carbocycles. The Hall–Kier alpha value is -3.00. The van der Waals surface area contributed by atoms with Crippen molar-refractivity contribution < 1.29 is 23.8 Å². The highest BCUT2D eigenvalue weighted by atomic mass is 32.2. The number of hydrogen-bond acceptors (Lipinski definition) is 6. The minimum absolute atomic E-state index is 0.0555. The monoisotopic (exact) mass is 385 g/mol. The fourth-order valence-electron chi connectivity index (χ4n) is 2.46. The molecule has 0 spiro atoms. The number of benzene rings is 2. The molecule has 0 bridgehead atoms. The van der Waals surface area contributed by atoms with Crippen LogP contribution in [0.4, 0.5) is 5.69 Å². The summed E-state index contributed by atoms with van der Waals surface area (Å²) in [4.78, 5) is 12.3. The molecular weight excluding hydrogens is 366 g/mol. The zero-order chi connectivity index (χ0) is 19.4. The van der Waals surface area contributed by atoms with E-state index in [-0.39, 0.29) is 16.7 Å². The van der Waals surface area contributed by atoms with E-state index in [1.807, 2.05) is 32.0 Å². The Kier molecular flexibility index (Phi) is 5.66. The predicted octanol–water partition coefficient (Wildman–Crippen LogP) is 2.38. The number of hydrogen-bond donors (Lipinski definition) is 1. The Morgan fingerprint density at radius 3 is 2.70 bits per heavy atom. The van der Waals surface area contributed by atoms with Crippen LogP contribution in [-0.4, -0.2) is 24.0 Å². The van der Waals surface area contributed by atoms with Gasteiger partial charge in [0.2, 0.25) is 11.6 Å². The van der Waals surface area contributed by atoms with Gasteiger partial charge in [0.1, 0.15) is 5.75 Å². The van der Waals surface area contributed by atoms with Crippen LogP contribution in [0.15, 0.2) is 52.0 Å². The van der Waals surface area contributed by atoms with Crippen molar-refractivity contribution in [2.75, 3.05) is 18.2 Å². The molecule has 1 N–H and O–H groups in total. The molecule has 3 rings (SSSR count). The average Bonchev–Trinajstić information content (AvgIpc) is 3.04. The lowest BCUT2D eigenvalue weighted by Crippen LogP contribution is -2.35. The Bertz CT molecular complexity index is 954. The number of carbonyl (C=O) groups excluding carboxylic acids is 1. The summed E-state index contributed by atoms with van der Waals surface area (Å²) in [5.41, 5.74) is 3.51. The van der Waals surface area contributed by atoms with Gasteiger partial charge >= 0.3 is 0 Å². The standard InChI is InChI=1S/C19H19N3O4S/c1-12-5-4-6-16(13(12)2)20-17(23)11-27-18-19(24)26-21-22(18)14-7-9-15(25-3)10-8-14/h4-10H,11H2,1-3H3,(H-,20,21,23,24). The molecular formula is C19H19N3O4S. The Balaban J connectivity index is 1.71. The van der Waals surface area contributed by atoms with Crippen LogP contribution in [0, 0.1) is 13.8 Å². The number of rotatable bonds is 6. The van der Waals surface area contributed by atoms with Crippen molar-refractivity contribution >= 4 is 23.4 Å². The number of aromatic nitrogens is 2. The van der Waals surface area contributed by atoms with Crippen LogP contribution in [0.25, 0.3) is 5.69 Å². The molecule has 3 aromatic rings. The molecule has 1 heterocycles. The van der Waals surface area contributed by atoms with Crippen LogP contribution in [0.2, 0.25) is 0 Å². The molecule has 2 aromatic carbocycles. The summed E-state index contributed by atoms with van der Waals surface area (Å²) in [6.45, 7) is 3.93. The second kappa shape index (κ2) is 8.13. The molecule has 0 atom stereocenters. The van der Waals surface area contributed by atoms with Crippen molar-refractivity contribution in [3.05, 3.63) is 53.6 Å². The summed E-state index contributed by atoms with van der Waals surface area (Å²) in [6, 6.07) is 12.7. The predicted molar refractivity (Wildman–Crippen MR) is 99.3 cm³/mol. The van der Waals surface area contributed by atoms with Crippen LogP contribution in [-0.2, 0) is 4.79 Å². The zero-order valence-corrected chi connectivity index (χ0v) is 16.0. The van der Waals surface area contributed by atoms with E-state index in [1.54, 1.807) is 31.4 Å². The van der Waals surface area contributed by atoms with Crippen molar-refractivity contribution in [1.82, 2.24) is 5.27 Å². The first-order valence-corrected chi connectivity index (χ1v) is 9.20. The number of nitrogens with zero attached hydrogens (tertiary/aromatic N) is 2. The second-order valence-electron chi connectivity index (χ2n) is 5.86. The Morgan fingerprint density at radius 2 is 2.00 bits per heavy atom. The SMILES string of the molecule is COc1ccc(-[n+]2noc([O-])c2SCC(=O)Nc2cccc(C)c2C)cc1. The van der Waals surface area contributed by atoms with Gasteiger partial charge in [-0.05, 0) is 59.6 Å². The molecule has 0 aliphatic heterocycles. The highest BCUT2D eigenvalue weighted by Crippen LogP contribution is 2.24. The maximum Gasteiger partial charge on any atom is 0.298 e. The number of nitrogens with one attached hydrogen (secondary N) is 1. The van der Waals surface area contributed by atoms with Gasteiger partial charge in [-0.25, -0.2) is 0 Å². The maximum absolute atomic E-state index is 12.3. The minimum atomic E-state index is -0.588. The van der Waals surface area contributed by atoms with E-state index in [9.17, 15) is 9.90 Å². The number of ether oxygens (including phenoxy) is 1. The van der Waals surface area contributed by atoms with E-state index in [0.717, 1.165) is 28.6 Å². The van der Waals surface area contributed by atoms with Crippen LogP contribution >= 0.6 is 11.8 Å². The summed E-state index contributed by atoms with van der Waals surface area (Å²) >= 11 is 1.07. The van der Waals surface area contributed by atoms with E-state index in [2.05, 4.69) is 10.6 Å². The van der Waals surface area contributed by atoms with E-state index < -0.39 is 5.95 Å². The first-order chi connectivity index (χ1) is 13.0.